The summed E-state index contributed by atoms with van der Waals surface area (Å²) in [6.45, 7) is 3.90. The van der Waals surface area contributed by atoms with Crippen molar-refractivity contribution in [2.45, 2.75) is 19.8 Å². The van der Waals surface area contributed by atoms with E-state index in [1.165, 1.54) is 4.52 Å². The lowest BCUT2D eigenvalue weighted by atomic mass is 10.0. The van der Waals surface area contributed by atoms with Crippen LogP contribution in [0.2, 0.25) is 5.02 Å². The molecule has 26 heavy (non-hydrogen) atoms. The van der Waals surface area contributed by atoms with Crippen LogP contribution < -0.4 is 5.32 Å². The third-order valence-corrected chi connectivity index (χ3v) is 4.96. The minimum Gasteiger partial charge on any atom is -0.416 e. The summed E-state index contributed by atoms with van der Waals surface area (Å²) in [4.78, 5) is 16.8. The number of hydrogen-bond acceptors (Lipinski definition) is 5. The largest absolute Gasteiger partial charge is 0.416 e. The van der Waals surface area contributed by atoms with Crippen molar-refractivity contribution in [3.05, 3.63) is 40.7 Å². The lowest BCUT2D eigenvalue weighted by Crippen LogP contribution is -2.32. The Bertz CT molecular complexity index is 943. The SMILES string of the molecule is Cc1c(C(=O)NCC2CCOCC2)oc2nc(-c3ccccc3Cl)nn12. The molecule has 0 spiro atoms. The molecular weight excluding hydrogens is 356 g/mol. The van der Waals surface area contributed by atoms with Crippen LogP contribution in [0.3, 0.4) is 0 Å². The number of aromatic nitrogens is 3. The van der Waals surface area contributed by atoms with Crippen LogP contribution in [-0.4, -0.2) is 40.3 Å². The summed E-state index contributed by atoms with van der Waals surface area (Å²) in [5.74, 6) is 1.16. The predicted octanol–water partition coefficient (Wildman–Crippen LogP) is 3.11. The van der Waals surface area contributed by atoms with Crippen LogP contribution in [0, 0.1) is 12.8 Å². The molecule has 1 fully saturated rings. The first-order chi connectivity index (χ1) is 12.6. The first-order valence-electron chi connectivity index (χ1n) is 8.60. The number of benzene rings is 1. The van der Waals surface area contributed by atoms with Gasteiger partial charge in [0.25, 0.3) is 5.91 Å². The number of rotatable bonds is 4. The van der Waals surface area contributed by atoms with Gasteiger partial charge in [-0.25, -0.2) is 0 Å². The zero-order valence-electron chi connectivity index (χ0n) is 14.4. The molecule has 8 heteroatoms. The van der Waals surface area contributed by atoms with E-state index in [9.17, 15) is 4.79 Å². The Balaban J connectivity index is 1.53. The molecule has 1 aliphatic rings. The Labute approximate surface area is 155 Å². The van der Waals surface area contributed by atoms with Gasteiger partial charge in [-0.2, -0.15) is 9.50 Å². The second-order valence-corrected chi connectivity index (χ2v) is 6.80. The summed E-state index contributed by atoms with van der Waals surface area (Å²) in [6.07, 6.45) is 1.92. The molecule has 1 amide bonds. The maximum Gasteiger partial charge on any atom is 0.325 e. The molecule has 0 radical (unpaired) electrons. The van der Waals surface area contributed by atoms with Crippen LogP contribution in [0.4, 0.5) is 0 Å². The van der Waals surface area contributed by atoms with Crippen molar-refractivity contribution in [3.63, 3.8) is 0 Å². The van der Waals surface area contributed by atoms with E-state index in [2.05, 4.69) is 15.4 Å². The molecule has 1 aliphatic heterocycles. The number of amides is 1. The average Bonchev–Trinajstić information content (AvgIpc) is 3.20. The van der Waals surface area contributed by atoms with E-state index in [4.69, 9.17) is 20.8 Å². The van der Waals surface area contributed by atoms with Gasteiger partial charge in [0, 0.05) is 25.3 Å². The minimum atomic E-state index is -0.249. The van der Waals surface area contributed by atoms with Crippen molar-refractivity contribution < 1.29 is 13.9 Å². The standard InChI is InChI=1S/C18H19ClN4O3/c1-11-15(17(24)20-10-12-6-8-25-9-7-12)26-18-21-16(22-23(11)18)13-4-2-3-5-14(13)19/h2-5,12H,6-10H2,1H3,(H,20,24). The van der Waals surface area contributed by atoms with E-state index in [1.54, 1.807) is 13.0 Å². The molecule has 4 rings (SSSR count). The number of hydrogen-bond donors (Lipinski definition) is 1. The number of nitrogens with zero attached hydrogens (tertiary/aromatic N) is 3. The summed E-state index contributed by atoms with van der Waals surface area (Å²) in [5, 5.41) is 7.93. The third kappa shape index (κ3) is 3.20. The lowest BCUT2D eigenvalue weighted by Gasteiger charge is -2.21. The van der Waals surface area contributed by atoms with Crippen molar-refractivity contribution in [2.75, 3.05) is 19.8 Å². The van der Waals surface area contributed by atoms with Gasteiger partial charge in [0.05, 0.1) is 10.7 Å². The van der Waals surface area contributed by atoms with E-state index in [-0.39, 0.29) is 17.5 Å². The lowest BCUT2D eigenvalue weighted by molar-refractivity contribution is 0.0639. The molecule has 1 saturated heterocycles. The highest BCUT2D eigenvalue weighted by molar-refractivity contribution is 6.33. The van der Waals surface area contributed by atoms with Gasteiger partial charge in [0.1, 0.15) is 0 Å². The van der Waals surface area contributed by atoms with Gasteiger partial charge >= 0.3 is 5.84 Å². The molecule has 3 aromatic rings. The fourth-order valence-corrected chi connectivity index (χ4v) is 3.30. The number of carbonyl (C=O) groups excluding carboxylic acids is 1. The number of oxazole rings is 1. The monoisotopic (exact) mass is 374 g/mol. The van der Waals surface area contributed by atoms with Gasteiger partial charge in [-0.1, -0.05) is 23.7 Å². The summed E-state index contributed by atoms with van der Waals surface area (Å²) >= 11 is 6.20. The second-order valence-electron chi connectivity index (χ2n) is 6.39. The summed E-state index contributed by atoms with van der Waals surface area (Å²) in [5.41, 5.74) is 1.33. The molecule has 3 heterocycles. The van der Waals surface area contributed by atoms with Gasteiger partial charge in [0.15, 0.2) is 5.82 Å². The third-order valence-electron chi connectivity index (χ3n) is 4.63. The summed E-state index contributed by atoms with van der Waals surface area (Å²) in [7, 11) is 0. The maximum atomic E-state index is 12.5. The molecule has 0 unspecified atom stereocenters. The quantitative estimate of drug-likeness (QED) is 0.758. The second kappa shape index (κ2) is 7.09. The molecule has 0 aliphatic carbocycles. The van der Waals surface area contributed by atoms with Crippen molar-refractivity contribution in [3.8, 4) is 11.4 Å². The summed E-state index contributed by atoms with van der Waals surface area (Å²) in [6, 6.07) is 7.33. The predicted molar refractivity (Wildman–Crippen MR) is 96.3 cm³/mol. The molecule has 2 aromatic heterocycles. The normalized spacial score (nSPS) is 15.5. The molecule has 7 nitrogen and oxygen atoms in total. The van der Waals surface area contributed by atoms with Gasteiger partial charge < -0.3 is 14.5 Å². The molecule has 136 valence electrons. The Kier molecular flexibility index (Phi) is 4.65. The number of halogens is 1. The Morgan fingerprint density at radius 2 is 2.12 bits per heavy atom. The van der Waals surface area contributed by atoms with Gasteiger partial charge in [-0.3, -0.25) is 4.79 Å². The molecule has 0 bridgehead atoms. The minimum absolute atomic E-state index is 0.234. The van der Waals surface area contributed by atoms with E-state index in [1.807, 2.05) is 18.2 Å². The Hall–Kier alpha value is -2.38. The molecule has 1 aromatic carbocycles. The zero-order valence-corrected chi connectivity index (χ0v) is 15.1. The highest BCUT2D eigenvalue weighted by Crippen LogP contribution is 2.26. The first-order valence-corrected chi connectivity index (χ1v) is 8.98. The fourth-order valence-electron chi connectivity index (χ4n) is 3.08. The zero-order chi connectivity index (χ0) is 18.1. The van der Waals surface area contributed by atoms with Crippen LogP contribution >= 0.6 is 11.6 Å². The average molecular weight is 375 g/mol. The highest BCUT2D eigenvalue weighted by atomic mass is 35.5. The molecular formula is C18H19ClN4O3. The van der Waals surface area contributed by atoms with Gasteiger partial charge in [0.2, 0.25) is 5.76 Å². The van der Waals surface area contributed by atoms with Crippen LogP contribution in [0.5, 0.6) is 0 Å². The topological polar surface area (TPSA) is 81.7 Å². The summed E-state index contributed by atoms with van der Waals surface area (Å²) < 4.78 is 12.5. The fraction of sp³-hybridized carbons (Fsp3) is 0.389. The molecule has 0 saturated carbocycles. The highest BCUT2D eigenvalue weighted by Gasteiger charge is 2.23. The number of nitrogens with one attached hydrogen (secondary N) is 1. The van der Waals surface area contributed by atoms with Crippen molar-refractivity contribution in [1.82, 2.24) is 19.9 Å². The van der Waals surface area contributed by atoms with E-state index in [0.29, 0.717) is 29.0 Å². The molecule has 0 atom stereocenters. The van der Waals surface area contributed by atoms with Gasteiger partial charge in [-0.05, 0) is 37.8 Å². The first kappa shape index (κ1) is 17.1. The van der Waals surface area contributed by atoms with E-state index >= 15 is 0 Å². The maximum absolute atomic E-state index is 12.5. The number of fused-ring (bicyclic) bond motifs is 1. The van der Waals surface area contributed by atoms with Crippen molar-refractivity contribution in [2.24, 2.45) is 5.92 Å². The van der Waals surface area contributed by atoms with Crippen LogP contribution in [0.25, 0.3) is 17.2 Å². The van der Waals surface area contributed by atoms with Crippen LogP contribution in [0.1, 0.15) is 29.1 Å². The van der Waals surface area contributed by atoms with Crippen molar-refractivity contribution >= 4 is 23.4 Å². The van der Waals surface area contributed by atoms with Crippen LogP contribution in [0.15, 0.2) is 28.7 Å². The van der Waals surface area contributed by atoms with Crippen LogP contribution in [-0.2, 0) is 4.74 Å². The van der Waals surface area contributed by atoms with Gasteiger partial charge in [-0.15, -0.1) is 5.10 Å². The number of carbonyl (C=O) groups is 1. The molecule has 1 N–H and O–H groups in total. The van der Waals surface area contributed by atoms with Crippen molar-refractivity contribution in [1.29, 1.82) is 0 Å². The Morgan fingerprint density at radius 3 is 2.85 bits per heavy atom. The van der Waals surface area contributed by atoms with E-state index in [0.717, 1.165) is 31.6 Å². The number of aryl methyl sites for hydroxylation is 1. The smallest absolute Gasteiger partial charge is 0.325 e. The number of ether oxygens (including phenoxy) is 1. The Morgan fingerprint density at radius 1 is 1.35 bits per heavy atom. The van der Waals surface area contributed by atoms with E-state index < -0.39 is 0 Å².